The Morgan fingerprint density at radius 2 is 2.31 bits per heavy atom. The third-order valence-electron chi connectivity index (χ3n) is 2.03. The van der Waals surface area contributed by atoms with Crippen LogP contribution in [0.4, 0.5) is 5.69 Å². The van der Waals surface area contributed by atoms with E-state index in [9.17, 15) is 4.79 Å². The summed E-state index contributed by atoms with van der Waals surface area (Å²) >= 11 is 3.22. The quantitative estimate of drug-likeness (QED) is 0.644. The number of aromatic carboxylic acids is 1. The second kappa shape index (κ2) is 6.19. The molecule has 0 unspecified atom stereocenters. The first-order valence-corrected chi connectivity index (χ1v) is 5.64. The van der Waals surface area contributed by atoms with Gasteiger partial charge >= 0.3 is 5.97 Å². The number of terminal acetylenes is 1. The molecule has 2 N–H and O–H groups in total. The molecule has 0 aliphatic heterocycles. The van der Waals surface area contributed by atoms with E-state index in [0.29, 0.717) is 4.47 Å². The zero-order valence-corrected chi connectivity index (χ0v) is 10.3. The highest BCUT2D eigenvalue weighted by atomic mass is 79.9. The van der Waals surface area contributed by atoms with Gasteiger partial charge in [0.1, 0.15) is 0 Å². The highest BCUT2D eigenvalue weighted by Gasteiger charge is 2.07. The summed E-state index contributed by atoms with van der Waals surface area (Å²) in [6.07, 6.45) is 6.77. The van der Waals surface area contributed by atoms with E-state index in [1.165, 1.54) is 0 Å². The summed E-state index contributed by atoms with van der Waals surface area (Å²) in [4.78, 5) is 10.8. The summed E-state index contributed by atoms with van der Waals surface area (Å²) in [7, 11) is 0. The molecule has 3 nitrogen and oxygen atoms in total. The minimum atomic E-state index is -0.939. The van der Waals surface area contributed by atoms with Gasteiger partial charge < -0.3 is 10.4 Å². The minimum absolute atomic E-state index is 0.258. The van der Waals surface area contributed by atoms with Gasteiger partial charge in [0, 0.05) is 23.1 Å². The van der Waals surface area contributed by atoms with Crippen LogP contribution in [0.5, 0.6) is 0 Å². The van der Waals surface area contributed by atoms with Crippen LogP contribution >= 0.6 is 15.9 Å². The van der Waals surface area contributed by atoms with E-state index < -0.39 is 5.97 Å². The van der Waals surface area contributed by atoms with Crippen molar-refractivity contribution < 1.29 is 9.90 Å². The maximum absolute atomic E-state index is 10.8. The molecule has 0 heterocycles. The summed E-state index contributed by atoms with van der Waals surface area (Å²) in [5.41, 5.74) is 1.14. The predicted octanol–water partition coefficient (Wildman–Crippen LogP) is 2.97. The van der Waals surface area contributed by atoms with Gasteiger partial charge in [0.05, 0.1) is 5.56 Å². The number of hydrogen-bond donors (Lipinski definition) is 2. The molecule has 0 aliphatic rings. The molecule has 0 fully saturated rings. The fourth-order valence-electron chi connectivity index (χ4n) is 1.22. The number of benzene rings is 1. The molecule has 0 bridgehead atoms. The molecule has 16 heavy (non-hydrogen) atoms. The number of carbonyl (C=O) groups is 1. The van der Waals surface area contributed by atoms with Crippen molar-refractivity contribution >= 4 is 27.6 Å². The first-order chi connectivity index (χ1) is 7.65. The lowest BCUT2D eigenvalue weighted by molar-refractivity contribution is 0.0696. The summed E-state index contributed by atoms with van der Waals surface area (Å²) in [5.74, 6) is 1.62. The third kappa shape index (κ3) is 3.59. The Labute approximate surface area is 103 Å². The molecular weight excluding hydrogens is 270 g/mol. The second-order valence-corrected chi connectivity index (χ2v) is 4.09. The standard InChI is InChI=1S/C12H12BrNO2/c1-2-3-4-7-14-9-5-6-10(12(15)16)11(13)8-9/h1,5-6,8,14H,3-4,7H2,(H,15,16). The molecule has 0 amide bonds. The van der Waals surface area contributed by atoms with Crippen molar-refractivity contribution in [2.45, 2.75) is 12.8 Å². The van der Waals surface area contributed by atoms with Gasteiger partial charge in [-0.3, -0.25) is 0 Å². The van der Waals surface area contributed by atoms with Crippen molar-refractivity contribution in [3.05, 3.63) is 28.2 Å². The van der Waals surface area contributed by atoms with E-state index in [1.807, 2.05) is 0 Å². The maximum Gasteiger partial charge on any atom is 0.336 e. The monoisotopic (exact) mass is 281 g/mol. The normalized spacial score (nSPS) is 9.50. The fourth-order valence-corrected chi connectivity index (χ4v) is 1.77. The number of carboxylic acid groups (broad SMARTS) is 1. The second-order valence-electron chi connectivity index (χ2n) is 3.23. The molecule has 1 rings (SSSR count). The van der Waals surface area contributed by atoms with Gasteiger partial charge in [-0.1, -0.05) is 0 Å². The molecule has 0 atom stereocenters. The van der Waals surface area contributed by atoms with Crippen molar-refractivity contribution in [1.82, 2.24) is 0 Å². The van der Waals surface area contributed by atoms with Crippen molar-refractivity contribution in [2.24, 2.45) is 0 Å². The van der Waals surface area contributed by atoms with E-state index in [2.05, 4.69) is 27.2 Å². The number of unbranched alkanes of at least 4 members (excludes halogenated alkanes) is 1. The average molecular weight is 282 g/mol. The number of halogens is 1. The van der Waals surface area contributed by atoms with Gasteiger partial charge in [-0.15, -0.1) is 12.3 Å². The SMILES string of the molecule is C#CCCCNc1ccc(C(=O)O)c(Br)c1. The third-order valence-corrected chi connectivity index (χ3v) is 2.68. The summed E-state index contributed by atoms with van der Waals surface area (Å²) in [6, 6.07) is 5.05. The number of hydrogen-bond acceptors (Lipinski definition) is 2. The maximum atomic E-state index is 10.8. The number of nitrogens with one attached hydrogen (secondary N) is 1. The van der Waals surface area contributed by atoms with Gasteiger partial charge in [0.2, 0.25) is 0 Å². The Morgan fingerprint density at radius 3 is 2.88 bits per heavy atom. The Balaban J connectivity index is 2.60. The molecule has 0 aliphatic carbocycles. The molecule has 1 aromatic rings. The molecule has 0 aromatic heterocycles. The van der Waals surface area contributed by atoms with E-state index in [1.54, 1.807) is 18.2 Å². The Bertz CT molecular complexity index is 424. The Hall–Kier alpha value is -1.47. The largest absolute Gasteiger partial charge is 0.478 e. The van der Waals surface area contributed by atoms with Crippen LogP contribution in [0.3, 0.4) is 0 Å². The molecular formula is C12H12BrNO2. The molecule has 1 aromatic carbocycles. The minimum Gasteiger partial charge on any atom is -0.478 e. The topological polar surface area (TPSA) is 49.3 Å². The highest BCUT2D eigenvalue weighted by molar-refractivity contribution is 9.10. The summed E-state index contributed by atoms with van der Waals surface area (Å²) in [5, 5.41) is 12.0. The Morgan fingerprint density at radius 1 is 1.56 bits per heavy atom. The van der Waals surface area contributed by atoms with Crippen LogP contribution in [0, 0.1) is 12.3 Å². The van der Waals surface area contributed by atoms with Crippen molar-refractivity contribution in [1.29, 1.82) is 0 Å². The van der Waals surface area contributed by atoms with Crippen molar-refractivity contribution in [3.63, 3.8) is 0 Å². The van der Waals surface area contributed by atoms with Gasteiger partial charge in [-0.05, 0) is 40.5 Å². The number of carboxylic acids is 1. The van der Waals surface area contributed by atoms with Crippen LogP contribution in [0.25, 0.3) is 0 Å². The Kier molecular flexibility index (Phi) is 4.87. The first kappa shape index (κ1) is 12.6. The van der Waals surface area contributed by atoms with E-state index in [4.69, 9.17) is 11.5 Å². The van der Waals surface area contributed by atoms with Crippen LogP contribution < -0.4 is 5.32 Å². The van der Waals surface area contributed by atoms with Gasteiger partial charge in [-0.2, -0.15) is 0 Å². The lowest BCUT2D eigenvalue weighted by Gasteiger charge is -2.07. The van der Waals surface area contributed by atoms with Gasteiger partial charge in [0.25, 0.3) is 0 Å². The van der Waals surface area contributed by atoms with Gasteiger partial charge in [-0.25, -0.2) is 4.79 Å². The zero-order chi connectivity index (χ0) is 12.0. The first-order valence-electron chi connectivity index (χ1n) is 4.85. The van der Waals surface area contributed by atoms with Crippen LogP contribution in [0.2, 0.25) is 0 Å². The fraction of sp³-hybridized carbons (Fsp3) is 0.250. The summed E-state index contributed by atoms with van der Waals surface area (Å²) in [6.45, 7) is 0.781. The molecule has 0 radical (unpaired) electrons. The number of rotatable bonds is 5. The van der Waals surface area contributed by atoms with Crippen LogP contribution in [-0.4, -0.2) is 17.6 Å². The molecule has 0 saturated carbocycles. The number of anilines is 1. The van der Waals surface area contributed by atoms with Crippen LogP contribution in [-0.2, 0) is 0 Å². The molecule has 0 spiro atoms. The average Bonchev–Trinajstić information content (AvgIpc) is 2.24. The predicted molar refractivity (Wildman–Crippen MR) is 67.7 cm³/mol. The molecule has 4 heteroatoms. The van der Waals surface area contributed by atoms with Crippen LogP contribution in [0.15, 0.2) is 22.7 Å². The highest BCUT2D eigenvalue weighted by Crippen LogP contribution is 2.21. The zero-order valence-electron chi connectivity index (χ0n) is 8.66. The van der Waals surface area contributed by atoms with E-state index in [-0.39, 0.29) is 5.56 Å². The van der Waals surface area contributed by atoms with Gasteiger partial charge in [0.15, 0.2) is 0 Å². The molecule has 0 saturated heterocycles. The van der Waals surface area contributed by atoms with E-state index in [0.717, 1.165) is 25.1 Å². The molecule has 84 valence electrons. The lowest BCUT2D eigenvalue weighted by Crippen LogP contribution is -2.03. The van der Waals surface area contributed by atoms with Crippen LogP contribution in [0.1, 0.15) is 23.2 Å². The van der Waals surface area contributed by atoms with E-state index >= 15 is 0 Å². The smallest absolute Gasteiger partial charge is 0.336 e. The van der Waals surface area contributed by atoms with Crippen molar-refractivity contribution in [2.75, 3.05) is 11.9 Å². The van der Waals surface area contributed by atoms with Crippen molar-refractivity contribution in [3.8, 4) is 12.3 Å². The lowest BCUT2D eigenvalue weighted by atomic mass is 10.2. The summed E-state index contributed by atoms with van der Waals surface area (Å²) < 4.78 is 0.571.